The van der Waals surface area contributed by atoms with E-state index < -0.39 is 0 Å². The molecule has 2 N–H and O–H groups in total. The number of fused-ring (bicyclic) bond motifs is 1. The average Bonchev–Trinajstić information content (AvgIpc) is 2.92. The number of halogens is 1. The predicted molar refractivity (Wildman–Crippen MR) is 115 cm³/mol. The van der Waals surface area contributed by atoms with E-state index in [4.69, 9.17) is 9.15 Å². The van der Waals surface area contributed by atoms with E-state index in [1.54, 1.807) is 7.11 Å². The minimum atomic E-state index is 0. The summed E-state index contributed by atoms with van der Waals surface area (Å²) in [5, 5.41) is 7.82. The Hall–Kier alpha value is -1.28. The largest absolute Gasteiger partial charge is 0.459 e. The van der Waals surface area contributed by atoms with Crippen LogP contribution in [0.5, 0.6) is 0 Å². The highest BCUT2D eigenvalue weighted by Crippen LogP contribution is 2.25. The molecule has 0 unspecified atom stereocenters. The average molecular weight is 459 g/mol. The van der Waals surface area contributed by atoms with E-state index in [-0.39, 0.29) is 24.0 Å². The Morgan fingerprint density at radius 3 is 2.68 bits per heavy atom. The van der Waals surface area contributed by atoms with E-state index in [0.29, 0.717) is 6.54 Å². The Kier molecular flexibility index (Phi) is 10.6. The van der Waals surface area contributed by atoms with Crippen LogP contribution in [0.2, 0.25) is 0 Å². The van der Waals surface area contributed by atoms with Crippen LogP contribution in [0, 0.1) is 6.92 Å². The lowest BCUT2D eigenvalue weighted by molar-refractivity contribution is 0.192. The van der Waals surface area contributed by atoms with Crippen LogP contribution in [-0.2, 0) is 11.3 Å². The summed E-state index contributed by atoms with van der Waals surface area (Å²) in [5.74, 6) is 1.76. The molecule has 0 fully saturated rings. The van der Waals surface area contributed by atoms with Crippen LogP contribution in [0.15, 0.2) is 33.7 Å². The zero-order chi connectivity index (χ0) is 17.2. The molecule has 0 aliphatic carbocycles. The number of guanidine groups is 1. The Labute approximate surface area is 167 Å². The number of aliphatic imine (C=N–C) groups is 1. The number of hydrogen-bond donors (Lipinski definition) is 2. The molecule has 1 aromatic heterocycles. The van der Waals surface area contributed by atoms with E-state index in [2.05, 4.69) is 35.5 Å². The van der Waals surface area contributed by atoms with Gasteiger partial charge in [-0.3, -0.25) is 0 Å². The lowest BCUT2D eigenvalue weighted by atomic mass is 10.1. The van der Waals surface area contributed by atoms with Gasteiger partial charge in [-0.1, -0.05) is 18.2 Å². The van der Waals surface area contributed by atoms with Gasteiger partial charge in [0.2, 0.25) is 0 Å². The molecule has 0 amide bonds. The Morgan fingerprint density at radius 1 is 1.16 bits per heavy atom. The summed E-state index contributed by atoms with van der Waals surface area (Å²) in [6, 6.07) is 8.12. The van der Waals surface area contributed by atoms with Crippen LogP contribution in [0.3, 0.4) is 0 Å². The van der Waals surface area contributed by atoms with Gasteiger partial charge in [-0.05, 0) is 39.2 Å². The molecule has 0 saturated carbocycles. The fourth-order valence-electron chi connectivity index (χ4n) is 2.62. The first kappa shape index (κ1) is 21.8. The van der Waals surface area contributed by atoms with Crippen molar-refractivity contribution >= 4 is 40.9 Å². The molecule has 2 rings (SSSR count). The molecular formula is C19H30IN3O2. The van der Waals surface area contributed by atoms with Crippen molar-refractivity contribution in [1.82, 2.24) is 10.6 Å². The third kappa shape index (κ3) is 6.86. The van der Waals surface area contributed by atoms with Crippen molar-refractivity contribution in [1.29, 1.82) is 0 Å². The minimum absolute atomic E-state index is 0. The second-order valence-corrected chi connectivity index (χ2v) is 5.82. The molecular weight excluding hydrogens is 429 g/mol. The highest BCUT2D eigenvalue weighted by atomic mass is 127. The minimum Gasteiger partial charge on any atom is -0.459 e. The molecule has 1 aromatic carbocycles. The number of hydrogen-bond acceptors (Lipinski definition) is 3. The number of aryl methyl sites for hydroxylation is 1. The molecule has 25 heavy (non-hydrogen) atoms. The van der Waals surface area contributed by atoms with Crippen molar-refractivity contribution < 1.29 is 9.15 Å². The zero-order valence-electron chi connectivity index (χ0n) is 15.4. The normalized spacial score (nSPS) is 11.4. The fraction of sp³-hybridized carbons (Fsp3) is 0.526. The van der Waals surface area contributed by atoms with Gasteiger partial charge in [0, 0.05) is 37.8 Å². The SMILES string of the molecule is CCNC(=NCc1oc2ccccc2c1C)NCCCCCOC.I. The van der Waals surface area contributed by atoms with Crippen LogP contribution in [0.25, 0.3) is 11.0 Å². The monoisotopic (exact) mass is 459 g/mol. The van der Waals surface area contributed by atoms with E-state index in [9.17, 15) is 0 Å². The molecule has 0 spiro atoms. The predicted octanol–water partition coefficient (Wildman–Crippen LogP) is 4.23. The number of methoxy groups -OCH3 is 1. The van der Waals surface area contributed by atoms with E-state index >= 15 is 0 Å². The van der Waals surface area contributed by atoms with Crippen molar-refractivity contribution in [3.05, 3.63) is 35.6 Å². The topological polar surface area (TPSA) is 58.8 Å². The first-order chi connectivity index (χ1) is 11.8. The molecule has 0 radical (unpaired) electrons. The van der Waals surface area contributed by atoms with Crippen molar-refractivity contribution in [3.8, 4) is 0 Å². The molecule has 0 bridgehead atoms. The molecule has 0 atom stereocenters. The van der Waals surface area contributed by atoms with E-state index in [1.165, 1.54) is 10.9 Å². The van der Waals surface area contributed by atoms with Crippen LogP contribution >= 0.6 is 24.0 Å². The fourth-order valence-corrected chi connectivity index (χ4v) is 2.62. The van der Waals surface area contributed by atoms with Gasteiger partial charge in [0.1, 0.15) is 17.9 Å². The first-order valence-corrected chi connectivity index (χ1v) is 8.74. The zero-order valence-corrected chi connectivity index (χ0v) is 17.8. The van der Waals surface area contributed by atoms with Crippen LogP contribution in [0.4, 0.5) is 0 Å². The van der Waals surface area contributed by atoms with E-state index in [1.807, 2.05) is 18.2 Å². The summed E-state index contributed by atoms with van der Waals surface area (Å²) in [6.45, 7) is 7.29. The molecule has 0 aliphatic heterocycles. The number of benzene rings is 1. The number of unbranched alkanes of at least 4 members (excludes halogenated alkanes) is 2. The highest BCUT2D eigenvalue weighted by molar-refractivity contribution is 14.0. The Balaban J connectivity index is 0.00000312. The number of para-hydroxylation sites is 1. The van der Waals surface area contributed by atoms with Gasteiger partial charge in [0.05, 0.1) is 0 Å². The second-order valence-electron chi connectivity index (χ2n) is 5.82. The van der Waals surface area contributed by atoms with Gasteiger partial charge in [-0.25, -0.2) is 4.99 Å². The van der Waals surface area contributed by atoms with Gasteiger partial charge in [-0.15, -0.1) is 24.0 Å². The molecule has 0 aliphatic rings. The number of nitrogens with zero attached hydrogens (tertiary/aromatic N) is 1. The quantitative estimate of drug-likeness (QED) is 0.255. The maximum Gasteiger partial charge on any atom is 0.191 e. The number of nitrogens with one attached hydrogen (secondary N) is 2. The summed E-state index contributed by atoms with van der Waals surface area (Å²) in [7, 11) is 1.74. The Morgan fingerprint density at radius 2 is 1.96 bits per heavy atom. The summed E-state index contributed by atoms with van der Waals surface area (Å²) >= 11 is 0. The lowest BCUT2D eigenvalue weighted by Crippen LogP contribution is -2.37. The summed E-state index contributed by atoms with van der Waals surface area (Å²) in [5.41, 5.74) is 2.10. The molecule has 140 valence electrons. The second kappa shape index (κ2) is 12.1. The van der Waals surface area contributed by atoms with Crippen molar-refractivity contribution in [2.75, 3.05) is 26.8 Å². The first-order valence-electron chi connectivity index (χ1n) is 8.74. The van der Waals surface area contributed by atoms with Crippen LogP contribution < -0.4 is 10.6 Å². The smallest absolute Gasteiger partial charge is 0.191 e. The molecule has 1 heterocycles. The van der Waals surface area contributed by atoms with Gasteiger partial charge in [-0.2, -0.15) is 0 Å². The van der Waals surface area contributed by atoms with Gasteiger partial charge < -0.3 is 19.8 Å². The highest BCUT2D eigenvalue weighted by Gasteiger charge is 2.09. The summed E-state index contributed by atoms with van der Waals surface area (Å²) in [4.78, 5) is 4.65. The van der Waals surface area contributed by atoms with Crippen LogP contribution in [-0.4, -0.2) is 32.8 Å². The lowest BCUT2D eigenvalue weighted by Gasteiger charge is -2.11. The summed E-state index contributed by atoms with van der Waals surface area (Å²) < 4.78 is 11.0. The van der Waals surface area contributed by atoms with E-state index in [0.717, 1.165) is 56.3 Å². The third-order valence-electron chi connectivity index (χ3n) is 3.99. The Bertz CT molecular complexity index is 655. The summed E-state index contributed by atoms with van der Waals surface area (Å²) in [6.07, 6.45) is 3.37. The van der Waals surface area contributed by atoms with Crippen molar-refractivity contribution in [2.45, 2.75) is 39.7 Å². The number of furan rings is 1. The van der Waals surface area contributed by atoms with Gasteiger partial charge >= 0.3 is 0 Å². The number of ether oxygens (including phenoxy) is 1. The third-order valence-corrected chi connectivity index (χ3v) is 3.99. The maximum absolute atomic E-state index is 5.92. The van der Waals surface area contributed by atoms with Crippen LogP contribution in [0.1, 0.15) is 37.5 Å². The molecule has 5 nitrogen and oxygen atoms in total. The standard InChI is InChI=1S/C19H29N3O2.HI/c1-4-20-19(21-12-8-5-9-13-23-3)22-14-18-15(2)16-10-6-7-11-17(16)24-18;/h6-7,10-11H,4-5,8-9,12-14H2,1-3H3,(H2,20,21,22);1H. The van der Waals surface area contributed by atoms with Crippen molar-refractivity contribution in [3.63, 3.8) is 0 Å². The van der Waals surface area contributed by atoms with Gasteiger partial charge in [0.25, 0.3) is 0 Å². The maximum atomic E-state index is 5.92. The molecule has 0 saturated heterocycles. The molecule has 2 aromatic rings. The molecule has 6 heteroatoms. The number of rotatable bonds is 9. The van der Waals surface area contributed by atoms with Crippen molar-refractivity contribution in [2.24, 2.45) is 4.99 Å². The van der Waals surface area contributed by atoms with Gasteiger partial charge in [0.15, 0.2) is 5.96 Å².